The van der Waals surface area contributed by atoms with Gasteiger partial charge in [-0.3, -0.25) is 9.36 Å². The number of rotatable bonds is 3. The van der Waals surface area contributed by atoms with Crippen molar-refractivity contribution in [3.63, 3.8) is 0 Å². The summed E-state index contributed by atoms with van der Waals surface area (Å²) in [5.74, 6) is -0.118. The van der Waals surface area contributed by atoms with E-state index in [-0.39, 0.29) is 5.92 Å². The van der Waals surface area contributed by atoms with Crippen LogP contribution in [0.2, 0.25) is 0 Å². The molecule has 100 valence electrons. The van der Waals surface area contributed by atoms with Crippen molar-refractivity contribution < 1.29 is 4.39 Å². The Bertz CT molecular complexity index is 684. The smallest absolute Gasteiger partial charge is 0.300 e. The molecular weight excluding hydrogens is 247 g/mol. The second-order valence-corrected chi connectivity index (χ2v) is 4.79. The van der Waals surface area contributed by atoms with Crippen LogP contribution in [-0.2, 0) is 6.54 Å². The summed E-state index contributed by atoms with van der Waals surface area (Å²) in [7, 11) is 0. The molecule has 1 aromatic carbocycles. The van der Waals surface area contributed by atoms with E-state index in [0.717, 1.165) is 4.57 Å². The monoisotopic (exact) mass is 262 g/mol. The Morgan fingerprint density at radius 3 is 2.32 bits per heavy atom. The van der Waals surface area contributed by atoms with Gasteiger partial charge in [-0.05, 0) is 30.2 Å². The molecule has 0 aliphatic heterocycles. The van der Waals surface area contributed by atoms with Crippen LogP contribution in [0.1, 0.15) is 13.8 Å². The summed E-state index contributed by atoms with van der Waals surface area (Å²) in [5, 5.41) is 0. The number of hydrogen-bond acceptors (Lipinski definition) is 2. The Hall–Kier alpha value is -2.17. The van der Waals surface area contributed by atoms with Crippen molar-refractivity contribution in [2.75, 3.05) is 0 Å². The summed E-state index contributed by atoms with van der Waals surface area (Å²) in [6, 6.07) is 6.62. The molecule has 0 radical (unpaired) electrons. The van der Waals surface area contributed by atoms with Crippen molar-refractivity contribution in [2.45, 2.75) is 20.4 Å². The third-order valence-electron chi connectivity index (χ3n) is 2.70. The highest BCUT2D eigenvalue weighted by molar-refractivity contribution is 5.31. The van der Waals surface area contributed by atoms with E-state index in [1.54, 1.807) is 0 Å². The molecule has 0 aliphatic rings. The highest BCUT2D eigenvalue weighted by Gasteiger charge is 2.08. The first kappa shape index (κ1) is 13.3. The van der Waals surface area contributed by atoms with Crippen LogP contribution in [0.25, 0.3) is 5.69 Å². The minimum absolute atomic E-state index is 0.289. The number of hydrogen-bond donors (Lipinski definition) is 0. The molecule has 19 heavy (non-hydrogen) atoms. The van der Waals surface area contributed by atoms with Gasteiger partial charge in [0, 0.05) is 18.8 Å². The van der Waals surface area contributed by atoms with Crippen LogP contribution in [0, 0.1) is 11.7 Å². The highest BCUT2D eigenvalue weighted by Crippen LogP contribution is 2.04. The lowest BCUT2D eigenvalue weighted by atomic mass is 10.2. The zero-order valence-corrected chi connectivity index (χ0v) is 10.8. The molecule has 1 heterocycles. The SMILES string of the molecule is CC(C)Cn1ccc(=O)n(-c2ccc(F)cc2)c1=O. The van der Waals surface area contributed by atoms with Crippen LogP contribution in [0.5, 0.6) is 0 Å². The van der Waals surface area contributed by atoms with E-state index in [0.29, 0.717) is 12.2 Å². The Kier molecular flexibility index (Phi) is 3.64. The standard InChI is InChI=1S/C14H15FN2O2/c1-10(2)9-16-8-7-13(18)17(14(16)19)12-5-3-11(15)4-6-12/h3-8,10H,9H2,1-2H3. The maximum atomic E-state index is 12.9. The number of benzene rings is 1. The molecule has 0 spiro atoms. The average Bonchev–Trinajstić information content (AvgIpc) is 2.35. The molecule has 0 aliphatic carbocycles. The van der Waals surface area contributed by atoms with Gasteiger partial charge in [0.15, 0.2) is 0 Å². The molecule has 0 bridgehead atoms. The topological polar surface area (TPSA) is 44.0 Å². The minimum atomic E-state index is -0.420. The molecule has 0 atom stereocenters. The van der Waals surface area contributed by atoms with Crippen LogP contribution in [0.15, 0.2) is 46.1 Å². The fourth-order valence-corrected chi connectivity index (χ4v) is 1.87. The van der Waals surface area contributed by atoms with E-state index >= 15 is 0 Å². The molecule has 2 rings (SSSR count). The summed E-state index contributed by atoms with van der Waals surface area (Å²) < 4.78 is 15.4. The van der Waals surface area contributed by atoms with Gasteiger partial charge in [0.25, 0.3) is 5.56 Å². The first-order chi connectivity index (χ1) is 8.99. The molecule has 2 aromatic rings. The summed E-state index contributed by atoms with van der Waals surface area (Å²) in [6.07, 6.45) is 1.49. The number of nitrogens with zero attached hydrogens (tertiary/aromatic N) is 2. The van der Waals surface area contributed by atoms with Crippen molar-refractivity contribution in [2.24, 2.45) is 5.92 Å². The van der Waals surface area contributed by atoms with Gasteiger partial charge in [0.1, 0.15) is 5.82 Å². The van der Waals surface area contributed by atoms with Crippen molar-refractivity contribution in [3.8, 4) is 5.69 Å². The molecule has 0 saturated heterocycles. The van der Waals surface area contributed by atoms with Gasteiger partial charge in [-0.25, -0.2) is 13.8 Å². The third-order valence-corrected chi connectivity index (χ3v) is 2.70. The Morgan fingerprint density at radius 1 is 1.11 bits per heavy atom. The summed E-state index contributed by atoms with van der Waals surface area (Å²) in [5.41, 5.74) is -0.459. The maximum absolute atomic E-state index is 12.9. The zero-order chi connectivity index (χ0) is 14.0. The second-order valence-electron chi connectivity index (χ2n) is 4.79. The van der Waals surface area contributed by atoms with Gasteiger partial charge in [0.05, 0.1) is 5.69 Å². The van der Waals surface area contributed by atoms with Gasteiger partial charge in [-0.1, -0.05) is 13.8 Å². The molecule has 5 heteroatoms. The molecule has 0 N–H and O–H groups in total. The predicted molar refractivity (Wildman–Crippen MR) is 71.1 cm³/mol. The molecule has 0 saturated carbocycles. The van der Waals surface area contributed by atoms with Crippen LogP contribution < -0.4 is 11.2 Å². The number of aromatic nitrogens is 2. The Balaban J connectivity index is 2.59. The van der Waals surface area contributed by atoms with Crippen LogP contribution in [-0.4, -0.2) is 9.13 Å². The van der Waals surface area contributed by atoms with Gasteiger partial charge < -0.3 is 0 Å². The maximum Gasteiger partial charge on any atom is 0.335 e. The fourth-order valence-electron chi connectivity index (χ4n) is 1.87. The van der Waals surface area contributed by atoms with E-state index in [1.165, 1.54) is 41.1 Å². The van der Waals surface area contributed by atoms with E-state index in [1.807, 2.05) is 13.8 Å². The molecule has 4 nitrogen and oxygen atoms in total. The van der Waals surface area contributed by atoms with E-state index < -0.39 is 17.1 Å². The minimum Gasteiger partial charge on any atom is -0.300 e. The normalized spacial score (nSPS) is 10.9. The lowest BCUT2D eigenvalue weighted by Crippen LogP contribution is -2.38. The van der Waals surface area contributed by atoms with Gasteiger partial charge in [-0.15, -0.1) is 0 Å². The third kappa shape index (κ3) is 2.81. The van der Waals surface area contributed by atoms with Crippen LogP contribution >= 0.6 is 0 Å². The summed E-state index contributed by atoms with van der Waals surface area (Å²) >= 11 is 0. The quantitative estimate of drug-likeness (QED) is 0.846. The van der Waals surface area contributed by atoms with E-state index in [9.17, 15) is 14.0 Å². The molecular formula is C14H15FN2O2. The van der Waals surface area contributed by atoms with Gasteiger partial charge in [-0.2, -0.15) is 0 Å². The van der Waals surface area contributed by atoms with E-state index in [2.05, 4.69) is 0 Å². The lowest BCUT2D eigenvalue weighted by molar-refractivity contribution is 0.494. The first-order valence-corrected chi connectivity index (χ1v) is 6.07. The predicted octanol–water partition coefficient (Wildman–Crippen LogP) is 1.79. The van der Waals surface area contributed by atoms with Crippen LogP contribution in [0.3, 0.4) is 0 Å². The first-order valence-electron chi connectivity index (χ1n) is 6.07. The molecule has 0 fully saturated rings. The van der Waals surface area contributed by atoms with Gasteiger partial charge >= 0.3 is 5.69 Å². The molecule has 1 aromatic heterocycles. The van der Waals surface area contributed by atoms with Crippen molar-refractivity contribution in [1.29, 1.82) is 0 Å². The average molecular weight is 262 g/mol. The Labute approximate surface area is 109 Å². The van der Waals surface area contributed by atoms with E-state index in [4.69, 9.17) is 0 Å². The molecule has 0 amide bonds. The second kappa shape index (κ2) is 5.22. The van der Waals surface area contributed by atoms with Crippen molar-refractivity contribution in [1.82, 2.24) is 9.13 Å². The Morgan fingerprint density at radius 2 is 1.74 bits per heavy atom. The van der Waals surface area contributed by atoms with Crippen molar-refractivity contribution in [3.05, 3.63) is 63.2 Å². The summed E-state index contributed by atoms with van der Waals surface area (Å²) in [4.78, 5) is 24.1. The molecule has 0 unspecified atom stereocenters. The number of halogens is 1. The van der Waals surface area contributed by atoms with Crippen LogP contribution in [0.4, 0.5) is 4.39 Å². The summed E-state index contributed by atoms with van der Waals surface area (Å²) in [6.45, 7) is 4.50. The van der Waals surface area contributed by atoms with Crippen molar-refractivity contribution >= 4 is 0 Å². The fraction of sp³-hybridized carbons (Fsp3) is 0.286. The highest BCUT2D eigenvalue weighted by atomic mass is 19.1. The lowest BCUT2D eigenvalue weighted by Gasteiger charge is -2.11. The largest absolute Gasteiger partial charge is 0.335 e. The zero-order valence-electron chi connectivity index (χ0n) is 10.8. The van der Waals surface area contributed by atoms with Gasteiger partial charge in [0.2, 0.25) is 0 Å².